The SMILES string of the molecule is CNCCOC.NC(=S)[S-].[Na+]. The van der Waals surface area contributed by atoms with Crippen LogP contribution in [0.4, 0.5) is 0 Å². The number of hydrogen-bond acceptors (Lipinski definition) is 4. The fourth-order valence-electron chi connectivity index (χ4n) is 0.204. The molecule has 0 aliphatic rings. The first-order valence-corrected chi connectivity index (χ1v) is 3.56. The van der Waals surface area contributed by atoms with Gasteiger partial charge >= 0.3 is 29.6 Å². The van der Waals surface area contributed by atoms with Gasteiger partial charge in [-0.25, -0.2) is 0 Å². The third-order valence-corrected chi connectivity index (χ3v) is 0.556. The van der Waals surface area contributed by atoms with Gasteiger partial charge in [0.25, 0.3) is 0 Å². The molecule has 6 heteroatoms. The van der Waals surface area contributed by atoms with Gasteiger partial charge in [-0.1, -0.05) is 4.32 Å². The van der Waals surface area contributed by atoms with Crippen LogP contribution >= 0.6 is 12.2 Å². The predicted molar refractivity (Wildman–Crippen MR) is 50.0 cm³/mol. The van der Waals surface area contributed by atoms with Crippen LogP contribution in [0.5, 0.6) is 0 Å². The third-order valence-electron chi connectivity index (χ3n) is 0.556. The van der Waals surface area contributed by atoms with Crippen molar-refractivity contribution in [2.45, 2.75) is 0 Å². The van der Waals surface area contributed by atoms with Crippen molar-refractivity contribution in [3.05, 3.63) is 0 Å². The molecule has 0 saturated carbocycles. The van der Waals surface area contributed by atoms with E-state index < -0.39 is 0 Å². The Morgan fingerprint density at radius 2 is 2.09 bits per heavy atom. The zero-order valence-corrected chi connectivity index (χ0v) is 10.8. The fourth-order valence-corrected chi connectivity index (χ4v) is 0.204. The van der Waals surface area contributed by atoms with Gasteiger partial charge in [-0.05, 0) is 7.05 Å². The summed E-state index contributed by atoms with van der Waals surface area (Å²) in [5, 5.41) is 2.94. The van der Waals surface area contributed by atoms with Crippen molar-refractivity contribution in [1.82, 2.24) is 5.32 Å². The number of hydrogen-bond donors (Lipinski definition) is 2. The van der Waals surface area contributed by atoms with Crippen molar-refractivity contribution in [2.24, 2.45) is 5.73 Å². The standard InChI is InChI=1S/C4H11NO.CH3NS2.Na/c1-5-3-4-6-2;2-1(3)4;/h5H,3-4H2,1-2H3;(H3,2,3,4);/q;;+1/p-1. The molecular formula is C5H13N2NaOS2. The quantitative estimate of drug-likeness (QED) is 0.218. The Morgan fingerprint density at radius 1 is 1.73 bits per heavy atom. The number of nitrogens with one attached hydrogen (secondary N) is 1. The van der Waals surface area contributed by atoms with Gasteiger partial charge in [0, 0.05) is 13.7 Å². The normalized spacial score (nSPS) is 7.09. The molecule has 0 aliphatic carbocycles. The summed E-state index contributed by atoms with van der Waals surface area (Å²) < 4.78 is 4.80. The smallest absolute Gasteiger partial charge is 0.415 e. The van der Waals surface area contributed by atoms with E-state index in [0.717, 1.165) is 13.2 Å². The summed E-state index contributed by atoms with van der Waals surface area (Å²) in [6.07, 6.45) is 0. The van der Waals surface area contributed by atoms with E-state index in [1.165, 1.54) is 0 Å². The fraction of sp³-hybridized carbons (Fsp3) is 0.800. The van der Waals surface area contributed by atoms with E-state index in [4.69, 9.17) is 4.74 Å². The molecule has 11 heavy (non-hydrogen) atoms. The minimum Gasteiger partial charge on any atom is -0.415 e. The molecule has 62 valence electrons. The average Bonchev–Trinajstić information content (AvgIpc) is 1.82. The Bertz CT molecular complexity index is 76.9. The summed E-state index contributed by atoms with van der Waals surface area (Å²) in [6.45, 7) is 1.74. The summed E-state index contributed by atoms with van der Waals surface area (Å²) in [4.78, 5) is 0. The molecule has 3 nitrogen and oxygen atoms in total. The second kappa shape index (κ2) is 17.2. The number of rotatable bonds is 3. The van der Waals surface area contributed by atoms with Crippen LogP contribution < -0.4 is 40.6 Å². The molecule has 0 aromatic rings. The molecule has 0 atom stereocenters. The molecule has 0 aliphatic heterocycles. The summed E-state index contributed by atoms with van der Waals surface area (Å²) >= 11 is 8.26. The van der Waals surface area contributed by atoms with Gasteiger partial charge in [0.1, 0.15) is 0 Å². The van der Waals surface area contributed by atoms with Crippen molar-refractivity contribution >= 4 is 29.2 Å². The van der Waals surface area contributed by atoms with E-state index in [9.17, 15) is 0 Å². The second-order valence-corrected chi connectivity index (χ2v) is 2.55. The molecule has 0 unspecified atom stereocenters. The first-order chi connectivity index (χ1) is 4.65. The van der Waals surface area contributed by atoms with E-state index >= 15 is 0 Å². The number of ether oxygens (including phenoxy) is 1. The molecule has 3 N–H and O–H groups in total. The van der Waals surface area contributed by atoms with Crippen LogP contribution in [0, 0.1) is 0 Å². The number of nitrogens with two attached hydrogens (primary N) is 1. The summed E-state index contributed by atoms with van der Waals surface area (Å²) in [7, 11) is 3.59. The van der Waals surface area contributed by atoms with Crippen molar-refractivity contribution in [2.75, 3.05) is 27.3 Å². The van der Waals surface area contributed by atoms with Gasteiger partial charge in [0.05, 0.1) is 6.61 Å². The Morgan fingerprint density at radius 3 is 2.18 bits per heavy atom. The van der Waals surface area contributed by atoms with Crippen molar-refractivity contribution in [3.8, 4) is 0 Å². The molecule has 0 bridgehead atoms. The maximum Gasteiger partial charge on any atom is 1.00 e. The first-order valence-electron chi connectivity index (χ1n) is 2.75. The predicted octanol–water partition coefficient (Wildman–Crippen LogP) is -3.37. The maximum atomic E-state index is 4.72. The number of likely N-dealkylation sites (N-methyl/N-ethyl adjacent to an activating group) is 1. The van der Waals surface area contributed by atoms with Crippen molar-refractivity contribution in [1.29, 1.82) is 0 Å². The van der Waals surface area contributed by atoms with Crippen LogP contribution in [0.15, 0.2) is 0 Å². The Kier molecular flexibility index (Phi) is 28.1. The second-order valence-electron chi connectivity index (χ2n) is 1.42. The molecule has 0 saturated heterocycles. The molecule has 0 spiro atoms. The summed E-state index contributed by atoms with van der Waals surface area (Å²) in [6, 6.07) is 0. The Labute approximate surface area is 101 Å². The van der Waals surface area contributed by atoms with Crippen LogP contribution in [-0.4, -0.2) is 31.6 Å². The average molecular weight is 204 g/mol. The van der Waals surface area contributed by atoms with Gasteiger partial charge < -0.3 is 40.6 Å². The van der Waals surface area contributed by atoms with Gasteiger partial charge in [0.2, 0.25) is 0 Å². The van der Waals surface area contributed by atoms with E-state index in [0.29, 0.717) is 0 Å². The maximum absolute atomic E-state index is 4.72. The van der Waals surface area contributed by atoms with E-state index in [1.807, 2.05) is 7.05 Å². The van der Waals surface area contributed by atoms with Gasteiger partial charge in [0.15, 0.2) is 0 Å². The van der Waals surface area contributed by atoms with Crippen LogP contribution in [0.25, 0.3) is 0 Å². The molecule has 0 amide bonds. The number of methoxy groups -OCH3 is 1. The molecule has 0 aromatic carbocycles. The zero-order chi connectivity index (χ0) is 8.41. The van der Waals surface area contributed by atoms with Crippen LogP contribution in [0.2, 0.25) is 0 Å². The minimum atomic E-state index is 0. The largest absolute Gasteiger partial charge is 1.00 e. The van der Waals surface area contributed by atoms with Crippen molar-refractivity contribution < 1.29 is 34.3 Å². The molecule has 0 aromatic heterocycles. The molecule has 0 rings (SSSR count). The molecule has 0 radical (unpaired) electrons. The third kappa shape index (κ3) is 55.4. The summed E-state index contributed by atoms with van der Waals surface area (Å²) in [5.74, 6) is 0. The topological polar surface area (TPSA) is 47.3 Å². The number of thiocarbonyl (C=S) groups is 1. The Hall–Kier alpha value is 1.03. The molecule has 0 fully saturated rings. The Balaban J connectivity index is -0.000000114. The molecular weight excluding hydrogens is 191 g/mol. The van der Waals surface area contributed by atoms with E-state index in [-0.39, 0.29) is 33.9 Å². The first kappa shape index (κ1) is 17.9. The van der Waals surface area contributed by atoms with Crippen molar-refractivity contribution in [3.63, 3.8) is 0 Å². The monoisotopic (exact) mass is 204 g/mol. The van der Waals surface area contributed by atoms with E-state index in [2.05, 4.69) is 35.9 Å². The van der Waals surface area contributed by atoms with Crippen LogP contribution in [-0.2, 0) is 17.4 Å². The van der Waals surface area contributed by atoms with Gasteiger partial charge in [-0.3, -0.25) is 0 Å². The summed E-state index contributed by atoms with van der Waals surface area (Å²) in [5.41, 5.74) is 4.66. The zero-order valence-electron chi connectivity index (χ0n) is 7.22. The molecule has 0 heterocycles. The minimum absolute atomic E-state index is 0. The van der Waals surface area contributed by atoms with Crippen LogP contribution in [0.3, 0.4) is 0 Å². The van der Waals surface area contributed by atoms with E-state index in [1.54, 1.807) is 7.11 Å². The van der Waals surface area contributed by atoms with Gasteiger partial charge in [-0.2, -0.15) is 0 Å². The van der Waals surface area contributed by atoms with Crippen LogP contribution in [0.1, 0.15) is 0 Å². The van der Waals surface area contributed by atoms with Gasteiger partial charge in [-0.15, -0.1) is 0 Å².